The molecule has 1 aromatic carbocycles. The minimum atomic E-state index is -3.14. The van der Waals surface area contributed by atoms with Crippen molar-refractivity contribution in [2.24, 2.45) is 11.8 Å². The van der Waals surface area contributed by atoms with Gasteiger partial charge in [-0.05, 0) is 49.7 Å². The second kappa shape index (κ2) is 9.08. The lowest BCUT2D eigenvalue weighted by atomic mass is 9.77. The zero-order chi connectivity index (χ0) is 23.8. The Labute approximate surface area is 191 Å². The summed E-state index contributed by atoms with van der Waals surface area (Å²) in [5.74, 6) is -0.952. The Bertz CT molecular complexity index is 1150. The summed E-state index contributed by atoms with van der Waals surface area (Å²) in [5, 5.41) is 2.70. The molecule has 4 rings (SSSR count). The number of pyridine rings is 1. The number of carbonyl (C=O) groups excluding carboxylic acids is 1. The van der Waals surface area contributed by atoms with Gasteiger partial charge < -0.3 is 14.5 Å². The predicted molar refractivity (Wildman–Crippen MR) is 122 cm³/mol. The highest BCUT2D eigenvalue weighted by atomic mass is 19.3. The van der Waals surface area contributed by atoms with E-state index >= 15 is 0 Å². The molecule has 6 nitrogen and oxygen atoms in total. The third-order valence-corrected chi connectivity index (χ3v) is 6.47. The number of nitrogens with one attached hydrogen (secondary N) is 1. The van der Waals surface area contributed by atoms with Crippen LogP contribution in [0.5, 0.6) is 5.75 Å². The molecule has 1 aliphatic carbocycles. The number of carbonyl (C=O) groups is 1. The number of halogens is 2. The molecule has 0 atom stereocenters. The maximum Gasteiger partial charge on any atom is 0.287 e. The molecule has 8 heteroatoms. The number of oxazole rings is 1. The lowest BCUT2D eigenvalue weighted by Gasteiger charge is -2.29. The fraction of sp³-hybridized carbons (Fsp3) is 0.480. The van der Waals surface area contributed by atoms with E-state index in [0.717, 1.165) is 38.5 Å². The molecule has 0 bridgehead atoms. The molecule has 1 aliphatic rings. The van der Waals surface area contributed by atoms with Crippen molar-refractivity contribution in [3.63, 3.8) is 0 Å². The van der Waals surface area contributed by atoms with Crippen LogP contribution in [0.1, 0.15) is 74.4 Å². The van der Waals surface area contributed by atoms with Crippen LogP contribution >= 0.6 is 0 Å². The summed E-state index contributed by atoms with van der Waals surface area (Å²) >= 11 is 0. The van der Waals surface area contributed by atoms with E-state index in [1.54, 1.807) is 12.1 Å². The number of benzene rings is 1. The summed E-state index contributed by atoms with van der Waals surface area (Å²) < 4.78 is 38.7. The molecule has 0 saturated heterocycles. The fourth-order valence-corrected chi connectivity index (χ4v) is 4.44. The van der Waals surface area contributed by atoms with Gasteiger partial charge in [-0.25, -0.2) is 9.97 Å². The van der Waals surface area contributed by atoms with Crippen molar-refractivity contribution in [3.05, 3.63) is 47.6 Å². The largest absolute Gasteiger partial charge is 0.494 e. The van der Waals surface area contributed by atoms with Gasteiger partial charge in [0, 0.05) is 25.0 Å². The summed E-state index contributed by atoms with van der Waals surface area (Å²) in [6, 6.07) is 7.32. The molecule has 1 saturated carbocycles. The Balaban J connectivity index is 1.56. The highest BCUT2D eigenvalue weighted by molar-refractivity contribution is 6.04. The Hall–Kier alpha value is -3.03. The highest BCUT2D eigenvalue weighted by Gasteiger charge is 2.29. The van der Waals surface area contributed by atoms with E-state index in [1.165, 1.54) is 25.3 Å². The van der Waals surface area contributed by atoms with Gasteiger partial charge in [-0.1, -0.05) is 19.9 Å². The number of alkyl halides is 2. The number of hydrogen-bond donors (Lipinski definition) is 1. The summed E-state index contributed by atoms with van der Waals surface area (Å²) in [5.41, 5.74) is 0.961. The smallest absolute Gasteiger partial charge is 0.287 e. The Morgan fingerprint density at radius 1 is 1.18 bits per heavy atom. The van der Waals surface area contributed by atoms with Crippen molar-refractivity contribution in [1.29, 1.82) is 0 Å². The SMILES string of the molecule is COc1cc2nc(C3CCC(C(C)C)CC3)oc2cc1NC(=O)c1cccc(C(C)(F)F)n1. The highest BCUT2D eigenvalue weighted by Crippen LogP contribution is 2.40. The number of rotatable bonds is 6. The molecule has 3 aromatic rings. The minimum Gasteiger partial charge on any atom is -0.494 e. The number of nitrogens with zero attached hydrogens (tertiary/aromatic N) is 2. The van der Waals surface area contributed by atoms with E-state index in [0.29, 0.717) is 34.3 Å². The van der Waals surface area contributed by atoms with Gasteiger partial charge in [-0.15, -0.1) is 0 Å². The van der Waals surface area contributed by atoms with E-state index < -0.39 is 17.5 Å². The number of hydrogen-bond acceptors (Lipinski definition) is 5. The van der Waals surface area contributed by atoms with Crippen molar-refractivity contribution in [3.8, 4) is 5.75 Å². The topological polar surface area (TPSA) is 77.3 Å². The third-order valence-electron chi connectivity index (χ3n) is 6.47. The first kappa shape index (κ1) is 23.1. The van der Waals surface area contributed by atoms with Crippen molar-refractivity contribution in [1.82, 2.24) is 9.97 Å². The van der Waals surface area contributed by atoms with Gasteiger partial charge in [-0.2, -0.15) is 8.78 Å². The quantitative estimate of drug-likeness (QED) is 0.456. The molecule has 176 valence electrons. The maximum absolute atomic E-state index is 13.6. The van der Waals surface area contributed by atoms with Gasteiger partial charge in [0.1, 0.15) is 22.7 Å². The Morgan fingerprint density at radius 2 is 1.91 bits per heavy atom. The zero-order valence-corrected chi connectivity index (χ0v) is 19.3. The normalized spacial score (nSPS) is 19.1. The lowest BCUT2D eigenvalue weighted by molar-refractivity contribution is 0.0126. The van der Waals surface area contributed by atoms with Gasteiger partial charge in [0.2, 0.25) is 0 Å². The van der Waals surface area contributed by atoms with Crippen LogP contribution in [0, 0.1) is 11.8 Å². The zero-order valence-electron chi connectivity index (χ0n) is 19.3. The maximum atomic E-state index is 13.6. The van der Waals surface area contributed by atoms with Gasteiger partial charge >= 0.3 is 0 Å². The van der Waals surface area contributed by atoms with Crippen LogP contribution in [-0.2, 0) is 5.92 Å². The molecule has 1 amide bonds. The van der Waals surface area contributed by atoms with E-state index in [4.69, 9.17) is 9.15 Å². The van der Waals surface area contributed by atoms with Crippen molar-refractivity contribution < 1.29 is 22.7 Å². The third kappa shape index (κ3) is 4.99. The van der Waals surface area contributed by atoms with Gasteiger partial charge in [0.15, 0.2) is 11.5 Å². The Morgan fingerprint density at radius 3 is 2.55 bits per heavy atom. The van der Waals surface area contributed by atoms with Gasteiger partial charge in [0.25, 0.3) is 11.8 Å². The standard InChI is InChI=1S/C25H29F2N3O3/c1-14(2)15-8-10-16(11-9-15)24-30-19-12-20(32-4)18(13-21(19)33-24)29-23(31)17-6-5-7-22(28-17)25(3,26)27/h5-7,12-16H,8-11H2,1-4H3,(H,29,31). The Kier molecular flexibility index (Phi) is 6.36. The molecular formula is C25H29F2N3O3. The predicted octanol–water partition coefficient (Wildman–Crippen LogP) is 6.53. The molecular weight excluding hydrogens is 428 g/mol. The first-order chi connectivity index (χ1) is 15.7. The van der Waals surface area contributed by atoms with Crippen LogP contribution in [-0.4, -0.2) is 23.0 Å². The second-order valence-corrected chi connectivity index (χ2v) is 9.18. The molecule has 1 N–H and O–H groups in total. The van der Waals surface area contributed by atoms with Gasteiger partial charge in [0.05, 0.1) is 12.8 Å². The van der Waals surface area contributed by atoms with Crippen molar-refractivity contribution in [2.45, 2.75) is 58.3 Å². The van der Waals surface area contributed by atoms with Crippen molar-refractivity contribution >= 4 is 22.7 Å². The first-order valence-corrected chi connectivity index (χ1v) is 11.3. The molecule has 33 heavy (non-hydrogen) atoms. The summed E-state index contributed by atoms with van der Waals surface area (Å²) in [4.78, 5) is 21.2. The molecule has 0 aliphatic heterocycles. The number of amides is 1. The number of anilines is 1. The number of fused-ring (bicyclic) bond motifs is 1. The average Bonchev–Trinajstić information content (AvgIpc) is 3.21. The molecule has 0 spiro atoms. The number of ether oxygens (including phenoxy) is 1. The molecule has 2 heterocycles. The number of methoxy groups -OCH3 is 1. The molecule has 0 unspecified atom stereocenters. The van der Waals surface area contributed by atoms with Crippen LogP contribution in [0.15, 0.2) is 34.7 Å². The van der Waals surface area contributed by atoms with Crippen LogP contribution in [0.25, 0.3) is 11.1 Å². The second-order valence-electron chi connectivity index (χ2n) is 9.18. The number of aromatic nitrogens is 2. The summed E-state index contributed by atoms with van der Waals surface area (Å²) in [7, 11) is 1.49. The van der Waals surface area contributed by atoms with Crippen LogP contribution in [0.2, 0.25) is 0 Å². The molecule has 2 aromatic heterocycles. The fourth-order valence-electron chi connectivity index (χ4n) is 4.44. The van der Waals surface area contributed by atoms with Crippen LogP contribution in [0.4, 0.5) is 14.5 Å². The monoisotopic (exact) mass is 457 g/mol. The van der Waals surface area contributed by atoms with Crippen molar-refractivity contribution in [2.75, 3.05) is 12.4 Å². The summed E-state index contributed by atoms with van der Waals surface area (Å²) in [6.07, 6.45) is 4.41. The average molecular weight is 458 g/mol. The van der Waals surface area contributed by atoms with E-state index in [1.807, 2.05) is 0 Å². The van der Waals surface area contributed by atoms with Crippen LogP contribution < -0.4 is 10.1 Å². The van der Waals surface area contributed by atoms with E-state index in [-0.39, 0.29) is 11.6 Å². The van der Waals surface area contributed by atoms with Gasteiger partial charge in [-0.3, -0.25) is 4.79 Å². The van der Waals surface area contributed by atoms with E-state index in [9.17, 15) is 13.6 Å². The minimum absolute atomic E-state index is 0.114. The van der Waals surface area contributed by atoms with Crippen LogP contribution in [0.3, 0.4) is 0 Å². The first-order valence-electron chi connectivity index (χ1n) is 11.3. The molecule has 1 fully saturated rings. The summed E-state index contributed by atoms with van der Waals surface area (Å²) in [6.45, 7) is 5.28. The van der Waals surface area contributed by atoms with E-state index in [2.05, 4.69) is 29.1 Å². The lowest BCUT2D eigenvalue weighted by Crippen LogP contribution is -2.17. The molecule has 0 radical (unpaired) electrons.